The number of hydrogen-bond donors (Lipinski definition) is 2. The molecule has 0 bridgehead atoms. The summed E-state index contributed by atoms with van der Waals surface area (Å²) in [7, 11) is 0. The molecule has 3 rings (SSSR count). The lowest BCUT2D eigenvalue weighted by molar-refractivity contribution is 0.0474. The molecule has 0 aliphatic heterocycles. The molecule has 0 radical (unpaired) electrons. The van der Waals surface area contributed by atoms with Crippen LogP contribution < -0.4 is 11.5 Å². The minimum atomic E-state index is -0.468. The number of esters is 1. The molecule has 4 N–H and O–H groups in total. The van der Waals surface area contributed by atoms with Crippen LogP contribution in [0.4, 0.5) is 11.4 Å². The van der Waals surface area contributed by atoms with Crippen LogP contribution in [0.25, 0.3) is 22.9 Å². The first kappa shape index (κ1) is 18.3. The highest BCUT2D eigenvalue weighted by Gasteiger charge is 2.14. The van der Waals surface area contributed by atoms with Gasteiger partial charge in [-0.3, -0.25) is 0 Å². The number of benzene rings is 3. The van der Waals surface area contributed by atoms with Crippen LogP contribution in [-0.4, -0.2) is 5.97 Å². The molecule has 0 spiro atoms. The highest BCUT2D eigenvalue weighted by molar-refractivity contribution is 5.94. The molecule has 4 heteroatoms. The van der Waals surface area contributed by atoms with Crippen molar-refractivity contribution in [2.24, 2.45) is 0 Å². The second kappa shape index (κ2) is 7.79. The van der Waals surface area contributed by atoms with Gasteiger partial charge in [-0.05, 0) is 53.1 Å². The maximum Gasteiger partial charge on any atom is 0.338 e. The van der Waals surface area contributed by atoms with Crippen LogP contribution in [0.15, 0.2) is 61.2 Å². The maximum absolute atomic E-state index is 12.5. The Morgan fingerprint density at radius 1 is 1.11 bits per heavy atom. The Hall–Kier alpha value is -3.53. The van der Waals surface area contributed by atoms with Gasteiger partial charge < -0.3 is 16.2 Å². The second-order valence-electron chi connectivity index (χ2n) is 6.25. The second-order valence-corrected chi connectivity index (χ2v) is 6.25. The zero-order valence-electron chi connectivity index (χ0n) is 15.2. The van der Waals surface area contributed by atoms with Gasteiger partial charge in [0.25, 0.3) is 0 Å². The van der Waals surface area contributed by atoms with Gasteiger partial charge in [-0.25, -0.2) is 4.79 Å². The summed E-state index contributed by atoms with van der Waals surface area (Å²) in [6.07, 6.45) is 5.79. The topological polar surface area (TPSA) is 78.3 Å². The quantitative estimate of drug-likeness (QED) is 0.495. The molecule has 0 aromatic heterocycles. The zero-order valence-corrected chi connectivity index (χ0v) is 15.2. The highest BCUT2D eigenvalue weighted by Crippen LogP contribution is 2.29. The fraction of sp³-hybridized carbons (Fsp3) is 0.0870. The molecule has 0 saturated heterocycles. The molecule has 27 heavy (non-hydrogen) atoms. The predicted molar refractivity (Wildman–Crippen MR) is 113 cm³/mol. The zero-order chi connectivity index (χ0) is 19.4. The number of nitrogen functional groups attached to an aromatic ring is 2. The Morgan fingerprint density at radius 3 is 2.48 bits per heavy atom. The summed E-state index contributed by atoms with van der Waals surface area (Å²) >= 11 is 0. The smallest absolute Gasteiger partial charge is 0.338 e. The first-order chi connectivity index (χ1) is 13.0. The van der Waals surface area contributed by atoms with Gasteiger partial charge in [0.1, 0.15) is 6.61 Å². The Balaban J connectivity index is 2.00. The highest BCUT2D eigenvalue weighted by atomic mass is 16.5. The van der Waals surface area contributed by atoms with Crippen molar-refractivity contribution < 1.29 is 9.53 Å². The monoisotopic (exact) mass is 358 g/mol. The van der Waals surface area contributed by atoms with Gasteiger partial charge in [0, 0.05) is 16.9 Å². The number of carbonyl (C=O) groups is 1. The molecule has 3 aromatic rings. The van der Waals surface area contributed by atoms with E-state index in [0.29, 0.717) is 16.9 Å². The Bertz CT molecular complexity index is 1030. The van der Waals surface area contributed by atoms with Crippen molar-refractivity contribution >= 4 is 40.3 Å². The molecule has 0 unspecified atom stereocenters. The lowest BCUT2D eigenvalue weighted by Gasteiger charge is -2.15. The van der Waals surface area contributed by atoms with Gasteiger partial charge in [0.15, 0.2) is 0 Å². The number of nitrogens with two attached hydrogens (primary N) is 2. The van der Waals surface area contributed by atoms with E-state index in [4.69, 9.17) is 16.2 Å². The number of ether oxygens (including phenoxy) is 1. The molecular formula is C23H22N2O2. The SMILES string of the molecule is C=Cc1c(/C=C\C)cc2ccccc2c1COC(=O)c1cc(N)cc(N)c1. The van der Waals surface area contributed by atoms with Crippen molar-refractivity contribution in [3.8, 4) is 0 Å². The van der Waals surface area contributed by atoms with E-state index in [9.17, 15) is 4.79 Å². The van der Waals surface area contributed by atoms with Gasteiger partial charge in [-0.2, -0.15) is 0 Å². The average Bonchev–Trinajstić information content (AvgIpc) is 2.65. The van der Waals surface area contributed by atoms with Gasteiger partial charge >= 0.3 is 5.97 Å². The first-order valence-corrected chi connectivity index (χ1v) is 8.66. The summed E-state index contributed by atoms with van der Waals surface area (Å²) in [5.74, 6) is -0.468. The summed E-state index contributed by atoms with van der Waals surface area (Å²) in [6, 6.07) is 14.8. The fourth-order valence-electron chi connectivity index (χ4n) is 3.19. The van der Waals surface area contributed by atoms with Crippen LogP contribution in [-0.2, 0) is 11.3 Å². The van der Waals surface area contributed by atoms with E-state index in [-0.39, 0.29) is 6.61 Å². The van der Waals surface area contributed by atoms with E-state index in [2.05, 4.69) is 12.6 Å². The molecular weight excluding hydrogens is 336 g/mol. The minimum Gasteiger partial charge on any atom is -0.457 e. The van der Waals surface area contributed by atoms with Crippen molar-refractivity contribution in [3.63, 3.8) is 0 Å². The van der Waals surface area contributed by atoms with E-state index in [0.717, 1.165) is 27.5 Å². The third-order valence-electron chi connectivity index (χ3n) is 4.34. The van der Waals surface area contributed by atoms with E-state index in [1.165, 1.54) is 0 Å². The molecule has 0 amide bonds. The van der Waals surface area contributed by atoms with Gasteiger partial charge in [-0.1, -0.05) is 49.1 Å². The Morgan fingerprint density at radius 2 is 1.81 bits per heavy atom. The van der Waals surface area contributed by atoms with E-state index >= 15 is 0 Å². The van der Waals surface area contributed by atoms with Crippen LogP contribution in [0.2, 0.25) is 0 Å². The molecule has 0 atom stereocenters. The van der Waals surface area contributed by atoms with Crippen molar-refractivity contribution in [2.45, 2.75) is 13.5 Å². The normalized spacial score (nSPS) is 11.0. The molecule has 136 valence electrons. The fourth-order valence-corrected chi connectivity index (χ4v) is 3.19. The predicted octanol–water partition coefficient (Wildman–Crippen LogP) is 5.04. The number of hydrogen-bond acceptors (Lipinski definition) is 4. The number of allylic oxidation sites excluding steroid dienone is 1. The van der Waals surface area contributed by atoms with Gasteiger partial charge in [-0.15, -0.1) is 0 Å². The summed E-state index contributed by atoms with van der Waals surface area (Å²) in [5.41, 5.74) is 15.6. The summed E-state index contributed by atoms with van der Waals surface area (Å²) in [4.78, 5) is 12.5. The number of rotatable bonds is 5. The molecule has 4 nitrogen and oxygen atoms in total. The van der Waals surface area contributed by atoms with Gasteiger partial charge in [0.05, 0.1) is 5.56 Å². The van der Waals surface area contributed by atoms with Crippen LogP contribution in [0.3, 0.4) is 0 Å². The van der Waals surface area contributed by atoms with Crippen LogP contribution in [0.5, 0.6) is 0 Å². The van der Waals surface area contributed by atoms with Crippen LogP contribution >= 0.6 is 0 Å². The van der Waals surface area contributed by atoms with E-state index in [1.807, 2.05) is 43.3 Å². The van der Waals surface area contributed by atoms with E-state index < -0.39 is 5.97 Å². The first-order valence-electron chi connectivity index (χ1n) is 8.66. The standard InChI is InChI=1S/C23H22N2O2/c1-3-7-15-10-16-8-5-6-9-21(16)22(20(15)4-2)14-27-23(26)17-11-18(24)13-19(25)12-17/h3-13H,2,14,24-25H2,1H3/b7-3-. The van der Waals surface area contributed by atoms with Crippen molar-refractivity contribution in [2.75, 3.05) is 11.5 Å². The molecule has 0 fully saturated rings. The Kier molecular flexibility index (Phi) is 5.27. The van der Waals surface area contributed by atoms with E-state index in [1.54, 1.807) is 24.3 Å². The molecule has 0 saturated carbocycles. The van der Waals surface area contributed by atoms with Crippen molar-refractivity contribution in [1.82, 2.24) is 0 Å². The summed E-state index contributed by atoms with van der Waals surface area (Å²) in [6.45, 7) is 6.03. The lowest BCUT2D eigenvalue weighted by atomic mass is 9.94. The summed E-state index contributed by atoms with van der Waals surface area (Å²) in [5, 5.41) is 2.11. The molecule has 3 aromatic carbocycles. The lowest BCUT2D eigenvalue weighted by Crippen LogP contribution is -2.08. The van der Waals surface area contributed by atoms with Crippen LogP contribution in [0.1, 0.15) is 34.0 Å². The summed E-state index contributed by atoms with van der Waals surface area (Å²) < 4.78 is 5.59. The maximum atomic E-state index is 12.5. The van der Waals surface area contributed by atoms with Crippen molar-refractivity contribution in [1.29, 1.82) is 0 Å². The van der Waals surface area contributed by atoms with Gasteiger partial charge in [0.2, 0.25) is 0 Å². The minimum absolute atomic E-state index is 0.126. The number of anilines is 2. The van der Waals surface area contributed by atoms with Crippen molar-refractivity contribution in [3.05, 3.63) is 83.4 Å². The van der Waals surface area contributed by atoms with Crippen LogP contribution in [0, 0.1) is 0 Å². The molecule has 0 heterocycles. The third kappa shape index (κ3) is 3.85. The average molecular weight is 358 g/mol. The molecule has 0 aliphatic carbocycles. The number of fused-ring (bicyclic) bond motifs is 1. The number of carbonyl (C=O) groups excluding carboxylic acids is 1. The largest absolute Gasteiger partial charge is 0.457 e. The third-order valence-corrected chi connectivity index (χ3v) is 4.34. The molecule has 0 aliphatic rings. The Labute approximate surface area is 158 Å².